The number of sulfonamides is 1. The molecular formula is C12H12F2N2O4S. The maximum atomic E-state index is 13.2. The minimum absolute atomic E-state index is 0.135. The Bertz CT molecular complexity index is 869. The van der Waals surface area contributed by atoms with Gasteiger partial charge in [-0.15, -0.1) is 0 Å². The minimum atomic E-state index is -4.01. The summed E-state index contributed by atoms with van der Waals surface area (Å²) in [5.41, 5.74) is 0.542. The lowest BCUT2D eigenvalue weighted by molar-refractivity contribution is 0.0183. The molecule has 0 spiro atoms. The molecule has 9 heteroatoms. The van der Waals surface area contributed by atoms with Crippen LogP contribution in [-0.2, 0) is 17.1 Å². The molecular weight excluding hydrogens is 306 g/mol. The fourth-order valence-electron chi connectivity index (χ4n) is 2.33. The second-order valence-electron chi connectivity index (χ2n) is 5.00. The van der Waals surface area contributed by atoms with Gasteiger partial charge in [0.2, 0.25) is 10.0 Å². The summed E-state index contributed by atoms with van der Waals surface area (Å²) in [6.45, 7) is -1.05. The first-order valence-corrected chi connectivity index (χ1v) is 7.62. The van der Waals surface area contributed by atoms with Crippen LogP contribution in [-0.4, -0.2) is 36.3 Å². The number of benzene rings is 1. The van der Waals surface area contributed by atoms with Crippen LogP contribution in [0.2, 0.25) is 0 Å². The first kappa shape index (κ1) is 14.2. The summed E-state index contributed by atoms with van der Waals surface area (Å²) in [6, 6.07) is 3.85. The summed E-state index contributed by atoms with van der Waals surface area (Å²) in [5.74, 6) is -3.62. The molecule has 0 atom stereocenters. The predicted molar refractivity (Wildman–Crippen MR) is 69.8 cm³/mol. The van der Waals surface area contributed by atoms with Gasteiger partial charge in [0.1, 0.15) is 0 Å². The van der Waals surface area contributed by atoms with Crippen molar-refractivity contribution < 1.29 is 21.6 Å². The van der Waals surface area contributed by atoms with Gasteiger partial charge in [-0.05, 0) is 18.2 Å². The molecule has 0 amide bonds. The summed E-state index contributed by atoms with van der Waals surface area (Å²) >= 11 is 0. The van der Waals surface area contributed by atoms with Crippen molar-refractivity contribution in [2.45, 2.75) is 17.2 Å². The number of alkyl halides is 2. The highest BCUT2D eigenvalue weighted by Crippen LogP contribution is 2.31. The molecule has 1 aromatic carbocycles. The average molecular weight is 318 g/mol. The third-order valence-corrected chi connectivity index (χ3v) is 5.38. The van der Waals surface area contributed by atoms with E-state index in [0.29, 0.717) is 5.52 Å². The zero-order valence-electron chi connectivity index (χ0n) is 11.0. The first-order chi connectivity index (χ1) is 9.71. The van der Waals surface area contributed by atoms with Gasteiger partial charge in [-0.25, -0.2) is 22.0 Å². The molecule has 0 saturated carbocycles. The summed E-state index contributed by atoms with van der Waals surface area (Å²) in [5, 5.41) is 0. The van der Waals surface area contributed by atoms with E-state index >= 15 is 0 Å². The molecule has 2 heterocycles. The Morgan fingerprint density at radius 1 is 1.33 bits per heavy atom. The maximum absolute atomic E-state index is 13.2. The zero-order valence-corrected chi connectivity index (χ0v) is 11.9. The normalized spacial score (nSPS) is 19.4. The van der Waals surface area contributed by atoms with Crippen LogP contribution in [0.4, 0.5) is 8.78 Å². The fraction of sp³-hybridized carbons (Fsp3) is 0.417. The number of aromatic nitrogens is 1. The summed E-state index contributed by atoms with van der Waals surface area (Å²) in [7, 11) is -2.57. The number of halogens is 2. The van der Waals surface area contributed by atoms with Gasteiger partial charge >= 0.3 is 5.76 Å². The van der Waals surface area contributed by atoms with E-state index in [-0.39, 0.29) is 17.0 Å². The molecule has 114 valence electrons. The minimum Gasteiger partial charge on any atom is -0.408 e. The van der Waals surface area contributed by atoms with Crippen LogP contribution < -0.4 is 5.76 Å². The van der Waals surface area contributed by atoms with Crippen molar-refractivity contribution in [3.05, 3.63) is 28.7 Å². The average Bonchev–Trinajstić information content (AvgIpc) is 2.91. The van der Waals surface area contributed by atoms with Crippen molar-refractivity contribution in [1.82, 2.24) is 8.87 Å². The molecule has 0 aliphatic carbocycles. The maximum Gasteiger partial charge on any atom is 0.419 e. The van der Waals surface area contributed by atoms with E-state index in [9.17, 15) is 22.0 Å². The van der Waals surface area contributed by atoms with Crippen molar-refractivity contribution in [3.63, 3.8) is 0 Å². The van der Waals surface area contributed by atoms with E-state index in [1.807, 2.05) is 0 Å². The number of hydrogen-bond donors (Lipinski definition) is 0. The molecule has 1 aromatic heterocycles. The van der Waals surface area contributed by atoms with Crippen molar-refractivity contribution in [1.29, 1.82) is 0 Å². The van der Waals surface area contributed by atoms with Gasteiger partial charge < -0.3 is 4.42 Å². The molecule has 1 saturated heterocycles. The quantitative estimate of drug-likeness (QED) is 0.833. The second-order valence-corrected chi connectivity index (χ2v) is 6.94. The highest BCUT2D eigenvalue weighted by molar-refractivity contribution is 7.89. The van der Waals surface area contributed by atoms with Crippen molar-refractivity contribution in [2.24, 2.45) is 7.05 Å². The monoisotopic (exact) mass is 318 g/mol. The number of rotatable bonds is 2. The van der Waals surface area contributed by atoms with E-state index in [1.165, 1.54) is 25.2 Å². The van der Waals surface area contributed by atoms with E-state index in [0.717, 1.165) is 8.87 Å². The molecule has 0 N–H and O–H groups in total. The van der Waals surface area contributed by atoms with Crippen LogP contribution >= 0.6 is 0 Å². The van der Waals surface area contributed by atoms with Crippen molar-refractivity contribution >= 4 is 21.1 Å². The Morgan fingerprint density at radius 2 is 2.05 bits per heavy atom. The zero-order chi connectivity index (χ0) is 15.4. The van der Waals surface area contributed by atoms with Crippen molar-refractivity contribution in [2.75, 3.05) is 13.1 Å². The standard InChI is InChI=1S/C12H12F2N2O4S/c1-15-9-6-8(2-3-10(9)20-11(15)17)21(18,19)16-5-4-12(13,14)7-16/h2-3,6H,4-5,7H2,1H3. The molecule has 3 rings (SSSR count). The highest BCUT2D eigenvalue weighted by atomic mass is 32.2. The SMILES string of the molecule is Cn1c(=O)oc2ccc(S(=O)(=O)N3CCC(F)(F)C3)cc21. The molecule has 0 unspecified atom stereocenters. The van der Waals surface area contributed by atoms with Gasteiger partial charge in [-0.2, -0.15) is 4.31 Å². The Morgan fingerprint density at radius 3 is 2.67 bits per heavy atom. The lowest BCUT2D eigenvalue weighted by Gasteiger charge is -2.16. The Kier molecular flexibility index (Phi) is 2.96. The third-order valence-electron chi connectivity index (χ3n) is 3.54. The Hall–Kier alpha value is -1.74. The van der Waals surface area contributed by atoms with E-state index in [4.69, 9.17) is 4.42 Å². The first-order valence-electron chi connectivity index (χ1n) is 6.18. The van der Waals surface area contributed by atoms with Crippen LogP contribution in [0.15, 0.2) is 32.3 Å². The van der Waals surface area contributed by atoms with Crippen molar-refractivity contribution in [3.8, 4) is 0 Å². The summed E-state index contributed by atoms with van der Waals surface area (Å²) in [6.07, 6.45) is -0.487. The number of oxazole rings is 1. The van der Waals surface area contributed by atoms with Gasteiger partial charge in [0, 0.05) is 20.0 Å². The van der Waals surface area contributed by atoms with E-state index in [2.05, 4.69) is 0 Å². The van der Waals surface area contributed by atoms with Crippen LogP contribution in [0.3, 0.4) is 0 Å². The molecule has 21 heavy (non-hydrogen) atoms. The summed E-state index contributed by atoms with van der Waals surface area (Å²) in [4.78, 5) is 11.2. The number of fused-ring (bicyclic) bond motifs is 1. The lowest BCUT2D eigenvalue weighted by atomic mass is 10.3. The molecule has 0 radical (unpaired) electrons. The molecule has 1 fully saturated rings. The Balaban J connectivity index is 2.07. The fourth-order valence-corrected chi connectivity index (χ4v) is 3.81. The van der Waals surface area contributed by atoms with Gasteiger partial charge in [-0.1, -0.05) is 0 Å². The smallest absolute Gasteiger partial charge is 0.408 e. The van der Waals surface area contributed by atoms with Gasteiger partial charge in [-0.3, -0.25) is 4.57 Å². The highest BCUT2D eigenvalue weighted by Gasteiger charge is 2.43. The number of nitrogens with zero attached hydrogens (tertiary/aromatic N) is 2. The van der Waals surface area contributed by atoms with Crippen LogP contribution in [0.1, 0.15) is 6.42 Å². The third kappa shape index (κ3) is 2.26. The molecule has 0 bridgehead atoms. The number of hydrogen-bond acceptors (Lipinski definition) is 4. The van der Waals surface area contributed by atoms with Crippen LogP contribution in [0.25, 0.3) is 11.1 Å². The van der Waals surface area contributed by atoms with Gasteiger partial charge in [0.05, 0.1) is 17.0 Å². The van der Waals surface area contributed by atoms with Gasteiger partial charge in [0.25, 0.3) is 5.92 Å². The second kappa shape index (κ2) is 4.38. The van der Waals surface area contributed by atoms with Gasteiger partial charge in [0.15, 0.2) is 5.58 Å². The topological polar surface area (TPSA) is 72.5 Å². The van der Waals surface area contributed by atoms with Crippen LogP contribution in [0.5, 0.6) is 0 Å². The van der Waals surface area contributed by atoms with Crippen LogP contribution in [0, 0.1) is 0 Å². The number of aryl methyl sites for hydroxylation is 1. The van der Waals surface area contributed by atoms with E-state index < -0.39 is 34.7 Å². The molecule has 1 aliphatic heterocycles. The summed E-state index contributed by atoms with van der Waals surface area (Å²) < 4.78 is 57.9. The molecule has 2 aromatic rings. The molecule has 6 nitrogen and oxygen atoms in total. The largest absolute Gasteiger partial charge is 0.419 e. The lowest BCUT2D eigenvalue weighted by Crippen LogP contribution is -2.31. The van der Waals surface area contributed by atoms with E-state index in [1.54, 1.807) is 0 Å². The molecule has 1 aliphatic rings. The predicted octanol–water partition coefficient (Wildman–Crippen LogP) is 1.16. The Labute approximate surface area is 118 Å².